The Kier molecular flexibility index (Phi) is 6.25. The van der Waals surface area contributed by atoms with Crippen molar-refractivity contribution < 1.29 is 29.6 Å². The lowest BCUT2D eigenvalue weighted by atomic mass is 9.95. The lowest BCUT2D eigenvalue weighted by molar-refractivity contribution is -0.134. The third-order valence-electron chi connectivity index (χ3n) is 4.03. The SMILES string of the molecule is CC(C)=CCNCN1C=C([C@@H]2O[C@H](CO)[C@@H](O)[C@H]2O)C(=O)CC1=O. The number of hydrogen-bond donors (Lipinski definition) is 4. The zero-order chi connectivity index (χ0) is 17.9. The second-order valence-corrected chi connectivity index (χ2v) is 6.20. The normalized spacial score (nSPS) is 30.5. The average Bonchev–Trinajstić information content (AvgIpc) is 2.81. The number of aliphatic hydroxyl groups excluding tert-OH is 3. The molecule has 0 aromatic rings. The van der Waals surface area contributed by atoms with Crippen LogP contribution < -0.4 is 5.32 Å². The molecule has 2 aliphatic rings. The summed E-state index contributed by atoms with van der Waals surface area (Å²) < 4.78 is 5.38. The van der Waals surface area contributed by atoms with Crippen molar-refractivity contribution in [2.75, 3.05) is 19.8 Å². The molecular formula is C16H24N2O6. The van der Waals surface area contributed by atoms with E-state index >= 15 is 0 Å². The van der Waals surface area contributed by atoms with Crippen molar-refractivity contribution >= 4 is 11.7 Å². The van der Waals surface area contributed by atoms with Gasteiger partial charge in [0.25, 0.3) is 0 Å². The Bertz CT molecular complexity index is 555. The van der Waals surface area contributed by atoms with Crippen LogP contribution in [0.1, 0.15) is 20.3 Å². The molecule has 0 radical (unpaired) electrons. The van der Waals surface area contributed by atoms with Gasteiger partial charge >= 0.3 is 0 Å². The van der Waals surface area contributed by atoms with Crippen molar-refractivity contribution in [3.8, 4) is 0 Å². The van der Waals surface area contributed by atoms with Gasteiger partial charge in [0.2, 0.25) is 5.91 Å². The number of rotatable bonds is 6. The van der Waals surface area contributed by atoms with Gasteiger partial charge in [0, 0.05) is 18.3 Å². The van der Waals surface area contributed by atoms with Crippen molar-refractivity contribution in [1.82, 2.24) is 10.2 Å². The molecule has 1 saturated heterocycles. The molecule has 1 fully saturated rings. The number of hydrogen-bond acceptors (Lipinski definition) is 7. The van der Waals surface area contributed by atoms with Crippen molar-refractivity contribution in [2.24, 2.45) is 0 Å². The van der Waals surface area contributed by atoms with E-state index in [4.69, 9.17) is 9.84 Å². The summed E-state index contributed by atoms with van der Waals surface area (Å²) in [5.41, 5.74) is 1.27. The number of amides is 1. The van der Waals surface area contributed by atoms with E-state index in [0.29, 0.717) is 6.54 Å². The highest BCUT2D eigenvalue weighted by atomic mass is 16.6. The van der Waals surface area contributed by atoms with Crippen molar-refractivity contribution in [1.29, 1.82) is 0 Å². The first-order valence-electron chi connectivity index (χ1n) is 7.86. The fourth-order valence-corrected chi connectivity index (χ4v) is 2.64. The molecule has 0 spiro atoms. The van der Waals surface area contributed by atoms with Crippen LogP contribution in [0.4, 0.5) is 0 Å². The smallest absolute Gasteiger partial charge is 0.235 e. The quantitative estimate of drug-likeness (QED) is 0.269. The zero-order valence-electron chi connectivity index (χ0n) is 13.8. The van der Waals surface area contributed by atoms with E-state index < -0.39 is 36.8 Å². The third-order valence-corrected chi connectivity index (χ3v) is 4.03. The molecular weight excluding hydrogens is 316 g/mol. The number of carbonyl (C=O) groups is 2. The van der Waals surface area contributed by atoms with E-state index in [9.17, 15) is 19.8 Å². The van der Waals surface area contributed by atoms with Crippen LogP contribution in [0.25, 0.3) is 0 Å². The first kappa shape index (κ1) is 18.8. The maximum atomic E-state index is 12.1. The van der Waals surface area contributed by atoms with Crippen LogP contribution in [0, 0.1) is 0 Å². The third kappa shape index (κ3) is 4.08. The van der Waals surface area contributed by atoms with Gasteiger partial charge in [0.05, 0.1) is 19.7 Å². The molecule has 4 atom stereocenters. The van der Waals surface area contributed by atoms with Crippen molar-refractivity contribution in [3.63, 3.8) is 0 Å². The lowest BCUT2D eigenvalue weighted by Crippen LogP contribution is -2.43. The van der Waals surface area contributed by atoms with Gasteiger partial charge in [-0.25, -0.2) is 0 Å². The average molecular weight is 340 g/mol. The fourth-order valence-electron chi connectivity index (χ4n) is 2.64. The highest BCUT2D eigenvalue weighted by Gasteiger charge is 2.46. The monoisotopic (exact) mass is 340 g/mol. The number of Topliss-reactive ketones (excluding diaryl/α,β-unsaturated/α-hetero) is 1. The van der Waals surface area contributed by atoms with Gasteiger partial charge in [-0.05, 0) is 13.8 Å². The number of ketones is 1. The molecule has 0 bridgehead atoms. The minimum Gasteiger partial charge on any atom is -0.394 e. The molecule has 2 heterocycles. The summed E-state index contributed by atoms with van der Waals surface area (Å²) in [7, 11) is 0. The molecule has 4 N–H and O–H groups in total. The lowest BCUT2D eigenvalue weighted by Gasteiger charge is -2.27. The molecule has 134 valence electrons. The van der Waals surface area contributed by atoms with E-state index in [2.05, 4.69) is 5.32 Å². The van der Waals surface area contributed by atoms with Crippen LogP contribution in [-0.4, -0.2) is 76.1 Å². The molecule has 8 nitrogen and oxygen atoms in total. The van der Waals surface area contributed by atoms with E-state index in [1.165, 1.54) is 11.1 Å². The molecule has 2 rings (SSSR count). The second-order valence-electron chi connectivity index (χ2n) is 6.20. The number of allylic oxidation sites excluding steroid dienone is 1. The standard InChI is InChI=1S/C16H24N2O6/c1-9(2)3-4-17-8-18-6-10(11(20)5-13(18)21)16-15(23)14(22)12(7-19)24-16/h3,6,12,14-17,19,22-23H,4-5,7-8H2,1-2H3/t12-,14-,15-,16+/m1/s1. The minimum absolute atomic E-state index is 0.126. The van der Waals surface area contributed by atoms with Crippen LogP contribution >= 0.6 is 0 Å². The van der Waals surface area contributed by atoms with Crippen LogP contribution in [0.5, 0.6) is 0 Å². The molecule has 2 aliphatic heterocycles. The van der Waals surface area contributed by atoms with E-state index in [0.717, 1.165) is 5.57 Å². The summed E-state index contributed by atoms with van der Waals surface area (Å²) in [5.74, 6) is -0.796. The number of carbonyl (C=O) groups excluding carboxylic acids is 2. The number of nitrogens with one attached hydrogen (secondary N) is 1. The summed E-state index contributed by atoms with van der Waals surface area (Å²) in [6.07, 6.45) is -1.62. The Morgan fingerprint density at radius 2 is 2.08 bits per heavy atom. The summed E-state index contributed by atoms with van der Waals surface area (Å²) in [5, 5.41) is 32.1. The number of aliphatic hydroxyl groups is 3. The molecule has 0 aliphatic carbocycles. The van der Waals surface area contributed by atoms with E-state index in [1.807, 2.05) is 19.9 Å². The predicted molar refractivity (Wildman–Crippen MR) is 84.6 cm³/mol. The first-order valence-corrected chi connectivity index (χ1v) is 7.86. The highest BCUT2D eigenvalue weighted by Crippen LogP contribution is 2.29. The minimum atomic E-state index is -1.33. The number of ether oxygens (including phenoxy) is 1. The Labute approximate surface area is 140 Å². The summed E-state index contributed by atoms with van der Waals surface area (Å²) in [4.78, 5) is 25.4. The second kappa shape index (κ2) is 8.00. The topological polar surface area (TPSA) is 119 Å². The molecule has 1 amide bonds. The Balaban J connectivity index is 2.10. The summed E-state index contributed by atoms with van der Waals surface area (Å²) in [6.45, 7) is 4.26. The maximum absolute atomic E-state index is 12.1. The van der Waals surface area contributed by atoms with Gasteiger partial charge in [-0.3, -0.25) is 14.9 Å². The molecule has 0 aromatic carbocycles. The Hall–Kier alpha value is -1.58. The van der Waals surface area contributed by atoms with Gasteiger partial charge in [-0.1, -0.05) is 11.6 Å². The van der Waals surface area contributed by atoms with Gasteiger partial charge in [-0.2, -0.15) is 0 Å². The van der Waals surface area contributed by atoms with E-state index in [-0.39, 0.29) is 24.6 Å². The van der Waals surface area contributed by atoms with Crippen LogP contribution in [0.15, 0.2) is 23.4 Å². The molecule has 8 heteroatoms. The first-order chi connectivity index (χ1) is 11.3. The van der Waals surface area contributed by atoms with Gasteiger partial charge < -0.3 is 25.0 Å². The highest BCUT2D eigenvalue weighted by molar-refractivity contribution is 6.10. The van der Waals surface area contributed by atoms with Crippen molar-refractivity contribution in [3.05, 3.63) is 23.4 Å². The maximum Gasteiger partial charge on any atom is 0.235 e. The fraction of sp³-hybridized carbons (Fsp3) is 0.625. The summed E-state index contributed by atoms with van der Waals surface area (Å²) >= 11 is 0. The van der Waals surface area contributed by atoms with Crippen molar-refractivity contribution in [2.45, 2.75) is 44.7 Å². The Morgan fingerprint density at radius 1 is 1.38 bits per heavy atom. The zero-order valence-corrected chi connectivity index (χ0v) is 13.8. The predicted octanol–water partition coefficient (Wildman–Crippen LogP) is -1.33. The molecule has 0 aromatic heterocycles. The van der Waals surface area contributed by atoms with Gasteiger partial charge in [0.1, 0.15) is 24.4 Å². The van der Waals surface area contributed by atoms with Crippen LogP contribution in [-0.2, 0) is 14.3 Å². The van der Waals surface area contributed by atoms with E-state index in [1.54, 1.807) is 0 Å². The molecule has 0 saturated carbocycles. The largest absolute Gasteiger partial charge is 0.394 e. The summed E-state index contributed by atoms with van der Waals surface area (Å²) in [6, 6.07) is 0. The van der Waals surface area contributed by atoms with Crippen LogP contribution in [0.2, 0.25) is 0 Å². The number of nitrogens with zero attached hydrogens (tertiary/aromatic N) is 1. The van der Waals surface area contributed by atoms with Gasteiger partial charge in [-0.15, -0.1) is 0 Å². The Morgan fingerprint density at radius 3 is 2.67 bits per heavy atom. The molecule has 0 unspecified atom stereocenters. The molecule has 24 heavy (non-hydrogen) atoms. The van der Waals surface area contributed by atoms with Crippen LogP contribution in [0.3, 0.4) is 0 Å². The van der Waals surface area contributed by atoms with Gasteiger partial charge in [0.15, 0.2) is 5.78 Å².